The zero-order chi connectivity index (χ0) is 15.3. The molecule has 1 atom stereocenters. The lowest BCUT2D eigenvalue weighted by molar-refractivity contribution is -0.126. The fourth-order valence-electron chi connectivity index (χ4n) is 5.37. The lowest BCUT2D eigenvalue weighted by Crippen LogP contribution is -2.60. The van der Waals surface area contributed by atoms with Gasteiger partial charge in [0.15, 0.2) is 0 Å². The highest BCUT2D eigenvalue weighted by Gasteiger charge is 2.51. The highest BCUT2D eigenvalue weighted by atomic mass is 35.5. The maximum Gasteiger partial charge on any atom is 0.243 e. The summed E-state index contributed by atoms with van der Waals surface area (Å²) >= 11 is 12.3. The van der Waals surface area contributed by atoms with Crippen LogP contribution in [-0.2, 0) is 4.79 Å². The lowest BCUT2D eigenvalue weighted by Gasteiger charge is -2.57. The Kier molecular flexibility index (Phi) is 3.65. The highest BCUT2D eigenvalue weighted by molar-refractivity contribution is 6.31. The maximum atomic E-state index is 12.6. The topological polar surface area (TPSA) is 29.1 Å². The molecule has 4 heteroatoms. The Labute approximate surface area is 141 Å². The van der Waals surface area contributed by atoms with E-state index in [1.807, 2.05) is 12.1 Å². The third kappa shape index (κ3) is 2.65. The molecule has 0 aliphatic heterocycles. The Morgan fingerprint density at radius 1 is 1.05 bits per heavy atom. The van der Waals surface area contributed by atoms with E-state index in [2.05, 4.69) is 5.32 Å². The fourth-order valence-corrected chi connectivity index (χ4v) is 5.70. The van der Waals surface area contributed by atoms with Crippen molar-refractivity contribution < 1.29 is 4.79 Å². The summed E-state index contributed by atoms with van der Waals surface area (Å²) in [4.78, 5) is 12.6. The molecule has 0 unspecified atom stereocenters. The molecule has 1 amide bonds. The average molecular weight is 338 g/mol. The van der Waals surface area contributed by atoms with Crippen molar-refractivity contribution in [1.82, 2.24) is 5.32 Å². The molecular formula is C18H21Cl2NO. The van der Waals surface area contributed by atoms with Gasteiger partial charge in [-0.15, -0.1) is 11.6 Å². The van der Waals surface area contributed by atoms with Crippen molar-refractivity contribution in [3.8, 4) is 0 Å². The molecule has 0 heterocycles. The van der Waals surface area contributed by atoms with E-state index in [4.69, 9.17) is 23.2 Å². The first kappa shape index (κ1) is 14.8. The standard InChI is InChI=1S/C18H21Cl2NO/c19-15-3-1-14(2-4-15)16(20)17(22)21-18-8-11-5-12(9-18)7-13(6-11)10-18/h1-4,11-13,16H,5-10H2,(H,21,22)/t11?,12?,13?,16-,18?/m0/s1. The number of halogens is 2. The molecule has 1 N–H and O–H groups in total. The molecule has 1 aromatic carbocycles. The van der Waals surface area contributed by atoms with Crippen LogP contribution in [0, 0.1) is 17.8 Å². The van der Waals surface area contributed by atoms with Crippen LogP contribution in [0.2, 0.25) is 5.02 Å². The average Bonchev–Trinajstić information content (AvgIpc) is 2.45. The Balaban J connectivity index is 1.48. The molecule has 4 bridgehead atoms. The number of nitrogens with one attached hydrogen (secondary N) is 1. The van der Waals surface area contributed by atoms with Gasteiger partial charge in [0.05, 0.1) is 0 Å². The Hall–Kier alpha value is -0.730. The monoisotopic (exact) mass is 337 g/mol. The number of rotatable bonds is 3. The van der Waals surface area contributed by atoms with E-state index < -0.39 is 5.38 Å². The molecule has 0 radical (unpaired) electrons. The summed E-state index contributed by atoms with van der Waals surface area (Å²) in [6, 6.07) is 7.23. The van der Waals surface area contributed by atoms with Gasteiger partial charge in [-0.05, 0) is 74.0 Å². The SMILES string of the molecule is O=C(NC12CC3CC(CC(C3)C1)C2)[C@@H](Cl)c1ccc(Cl)cc1. The minimum Gasteiger partial charge on any atom is -0.349 e. The second kappa shape index (κ2) is 5.42. The molecule has 1 aromatic rings. The summed E-state index contributed by atoms with van der Waals surface area (Å²) in [6.45, 7) is 0. The van der Waals surface area contributed by atoms with E-state index in [1.54, 1.807) is 12.1 Å². The summed E-state index contributed by atoms with van der Waals surface area (Å²) in [5.41, 5.74) is 0.832. The number of hydrogen-bond donors (Lipinski definition) is 1. The number of carbonyl (C=O) groups excluding carboxylic acids is 1. The first-order chi connectivity index (χ1) is 10.5. The molecule has 4 aliphatic carbocycles. The van der Waals surface area contributed by atoms with Gasteiger partial charge in [-0.1, -0.05) is 23.7 Å². The van der Waals surface area contributed by atoms with Crippen LogP contribution in [0.5, 0.6) is 0 Å². The van der Waals surface area contributed by atoms with Gasteiger partial charge in [0.2, 0.25) is 5.91 Å². The highest BCUT2D eigenvalue weighted by Crippen LogP contribution is 2.55. The van der Waals surface area contributed by atoms with Crippen molar-refractivity contribution in [2.75, 3.05) is 0 Å². The van der Waals surface area contributed by atoms with E-state index in [1.165, 1.54) is 19.3 Å². The van der Waals surface area contributed by atoms with Gasteiger partial charge in [0.1, 0.15) is 5.38 Å². The predicted octanol–water partition coefficient (Wildman–Crippen LogP) is 4.70. The smallest absolute Gasteiger partial charge is 0.243 e. The van der Waals surface area contributed by atoms with Gasteiger partial charge in [-0.25, -0.2) is 0 Å². The normalized spacial score (nSPS) is 37.1. The fraction of sp³-hybridized carbons (Fsp3) is 0.611. The minimum atomic E-state index is -0.634. The maximum absolute atomic E-state index is 12.6. The van der Waals surface area contributed by atoms with Crippen LogP contribution in [-0.4, -0.2) is 11.4 Å². The van der Waals surface area contributed by atoms with Crippen molar-refractivity contribution in [2.45, 2.75) is 49.4 Å². The van der Waals surface area contributed by atoms with Gasteiger partial charge >= 0.3 is 0 Å². The number of carbonyl (C=O) groups is 1. The van der Waals surface area contributed by atoms with Gasteiger partial charge in [-0.2, -0.15) is 0 Å². The third-order valence-corrected chi connectivity index (χ3v) is 6.52. The lowest BCUT2D eigenvalue weighted by atomic mass is 9.53. The van der Waals surface area contributed by atoms with Crippen LogP contribution < -0.4 is 5.32 Å². The van der Waals surface area contributed by atoms with Crippen LogP contribution in [0.25, 0.3) is 0 Å². The molecule has 0 saturated heterocycles. The van der Waals surface area contributed by atoms with Crippen molar-refractivity contribution in [3.63, 3.8) is 0 Å². The van der Waals surface area contributed by atoms with Crippen molar-refractivity contribution in [1.29, 1.82) is 0 Å². The van der Waals surface area contributed by atoms with Crippen LogP contribution in [0.3, 0.4) is 0 Å². The first-order valence-electron chi connectivity index (χ1n) is 8.24. The van der Waals surface area contributed by atoms with Gasteiger partial charge in [0, 0.05) is 10.6 Å². The predicted molar refractivity (Wildman–Crippen MR) is 89.1 cm³/mol. The summed E-state index contributed by atoms with van der Waals surface area (Å²) in [5, 5.41) is 3.36. The molecule has 4 fully saturated rings. The second-order valence-corrected chi connectivity index (χ2v) is 8.47. The molecule has 0 spiro atoms. The van der Waals surface area contributed by atoms with Crippen molar-refractivity contribution >= 4 is 29.1 Å². The Bertz CT molecular complexity index is 548. The van der Waals surface area contributed by atoms with E-state index >= 15 is 0 Å². The van der Waals surface area contributed by atoms with E-state index in [0.29, 0.717) is 5.02 Å². The summed E-state index contributed by atoms with van der Waals surface area (Å²) in [7, 11) is 0. The zero-order valence-electron chi connectivity index (χ0n) is 12.5. The first-order valence-corrected chi connectivity index (χ1v) is 9.06. The van der Waals surface area contributed by atoms with Crippen LogP contribution in [0.4, 0.5) is 0 Å². The number of hydrogen-bond acceptors (Lipinski definition) is 1. The van der Waals surface area contributed by atoms with Gasteiger partial charge in [0.25, 0.3) is 0 Å². The van der Waals surface area contributed by atoms with Gasteiger partial charge in [-0.3, -0.25) is 4.79 Å². The molecule has 0 aromatic heterocycles. The molecule has 5 rings (SSSR count). The molecule has 4 aliphatic rings. The van der Waals surface area contributed by atoms with Crippen LogP contribution in [0.1, 0.15) is 49.5 Å². The van der Waals surface area contributed by atoms with E-state index in [0.717, 1.165) is 42.6 Å². The summed E-state index contributed by atoms with van der Waals surface area (Å²) in [5.74, 6) is 2.40. The second-order valence-electron chi connectivity index (χ2n) is 7.60. The minimum absolute atomic E-state index is 0.0192. The zero-order valence-corrected chi connectivity index (χ0v) is 14.0. The molecule has 4 saturated carbocycles. The number of alkyl halides is 1. The van der Waals surface area contributed by atoms with E-state index in [9.17, 15) is 4.79 Å². The van der Waals surface area contributed by atoms with E-state index in [-0.39, 0.29) is 11.4 Å². The number of benzene rings is 1. The number of amides is 1. The van der Waals surface area contributed by atoms with Crippen LogP contribution in [0.15, 0.2) is 24.3 Å². The largest absolute Gasteiger partial charge is 0.349 e. The van der Waals surface area contributed by atoms with Crippen LogP contribution >= 0.6 is 23.2 Å². The quantitative estimate of drug-likeness (QED) is 0.795. The van der Waals surface area contributed by atoms with Crippen molar-refractivity contribution in [2.24, 2.45) is 17.8 Å². The molecular weight excluding hydrogens is 317 g/mol. The Morgan fingerprint density at radius 3 is 2.05 bits per heavy atom. The Morgan fingerprint density at radius 2 is 1.55 bits per heavy atom. The summed E-state index contributed by atoms with van der Waals surface area (Å²) in [6.07, 6.45) is 7.56. The van der Waals surface area contributed by atoms with Crippen molar-refractivity contribution in [3.05, 3.63) is 34.9 Å². The molecule has 2 nitrogen and oxygen atoms in total. The third-order valence-electron chi connectivity index (χ3n) is 5.82. The molecule has 118 valence electrons. The molecule has 22 heavy (non-hydrogen) atoms. The summed E-state index contributed by atoms with van der Waals surface area (Å²) < 4.78 is 0. The van der Waals surface area contributed by atoms with Gasteiger partial charge < -0.3 is 5.32 Å².